The number of rotatable bonds is 2. The van der Waals surface area contributed by atoms with Crippen molar-refractivity contribution < 1.29 is 45.0 Å². The summed E-state index contributed by atoms with van der Waals surface area (Å²) in [6.45, 7) is 0. The summed E-state index contributed by atoms with van der Waals surface area (Å²) < 4.78 is 30.6. The molecular formula is H4O7Ti. The van der Waals surface area contributed by atoms with Crippen molar-refractivity contribution in [2.45, 2.75) is 0 Å². The van der Waals surface area contributed by atoms with E-state index in [1.54, 1.807) is 0 Å². The molecule has 0 aromatic carbocycles. The van der Waals surface area contributed by atoms with Crippen molar-refractivity contribution in [2.75, 3.05) is 0 Å². The summed E-state index contributed by atoms with van der Waals surface area (Å²) in [5, 5.41) is 14.7. The molecule has 4 N–H and O–H groups in total. The quantitative estimate of drug-likeness (QED) is 0.226. The first-order chi connectivity index (χ1) is 3.39. The van der Waals surface area contributed by atoms with Crippen molar-refractivity contribution in [3.05, 3.63) is 0 Å². The number of hydrogen-bond donors (Lipinski definition) is 4. The van der Waals surface area contributed by atoms with E-state index in [9.17, 15) is 3.32 Å². The van der Waals surface area contributed by atoms with Crippen LogP contribution in [0.2, 0.25) is 0 Å². The van der Waals surface area contributed by atoms with Gasteiger partial charge in [-0.1, -0.05) is 0 Å². The fraction of sp³-hybridized carbons (Fsp3) is 0. The summed E-state index contributed by atoms with van der Waals surface area (Å²) >= 11 is -6.84. The normalized spacial score (nSPS) is 14.1. The summed E-state index contributed by atoms with van der Waals surface area (Å²) in [4.78, 5) is 0. The van der Waals surface area contributed by atoms with Crippen molar-refractivity contribution in [3.8, 4) is 0 Å². The van der Waals surface area contributed by atoms with Gasteiger partial charge in [0.25, 0.3) is 0 Å². The van der Waals surface area contributed by atoms with Gasteiger partial charge in [-0.3, -0.25) is 0 Å². The predicted octanol–water partition coefficient (Wildman–Crippen LogP) is -1.35. The first-order valence-corrected chi connectivity index (χ1v) is 4.73. The van der Waals surface area contributed by atoms with Crippen molar-refractivity contribution in [1.29, 1.82) is 0 Å². The monoisotopic (exact) mass is 164 g/mol. The molecule has 7 nitrogen and oxygen atoms in total. The van der Waals surface area contributed by atoms with E-state index in [-0.39, 0.29) is 0 Å². The molecule has 0 bridgehead atoms. The molecule has 0 aliphatic rings. The van der Waals surface area contributed by atoms with Gasteiger partial charge in [-0.2, -0.15) is 0 Å². The minimum atomic E-state index is -6.84. The molecule has 0 unspecified atom stereocenters. The van der Waals surface area contributed by atoms with Gasteiger partial charge in [-0.25, -0.2) is 0 Å². The molecule has 0 radical (unpaired) electrons. The van der Waals surface area contributed by atoms with Gasteiger partial charge in [0.1, 0.15) is 0 Å². The average molecular weight is 164 g/mol. The molecule has 0 rings (SSSR count). The predicted molar refractivity (Wildman–Crippen MR) is 12.6 cm³/mol. The van der Waals surface area contributed by atoms with Gasteiger partial charge in [0.15, 0.2) is 0 Å². The Balaban J connectivity index is 4.25. The second-order valence-corrected chi connectivity index (χ2v) is 4.45. The van der Waals surface area contributed by atoms with Crippen molar-refractivity contribution >= 4 is 0 Å². The van der Waals surface area contributed by atoms with Crippen LogP contribution in [0, 0.1) is 0 Å². The standard InChI is InChI=1S/2H2O2.2H2O.O.Ti/c2*1-2;;;;/h2*1-2H;2*1H2;;/q;;;;;+4/p-4. The third-order valence-electron chi connectivity index (χ3n) is 0.312. The van der Waals surface area contributed by atoms with Crippen LogP contribution in [0.25, 0.3) is 0 Å². The summed E-state index contributed by atoms with van der Waals surface area (Å²) in [6, 6.07) is 0. The van der Waals surface area contributed by atoms with E-state index < -0.39 is 16.8 Å². The molecule has 0 spiro atoms. The topological polar surface area (TPSA) is 116 Å². The van der Waals surface area contributed by atoms with Crippen molar-refractivity contribution in [3.63, 3.8) is 0 Å². The van der Waals surface area contributed by atoms with Gasteiger partial charge in [-0.05, 0) is 0 Å². The SMILES string of the molecule is [O]=[Ti]([OH])([OH])([O]O)[O]O. The van der Waals surface area contributed by atoms with Gasteiger partial charge < -0.3 is 0 Å². The van der Waals surface area contributed by atoms with Crippen LogP contribution in [-0.2, 0) is 27.1 Å². The van der Waals surface area contributed by atoms with Crippen LogP contribution in [0.1, 0.15) is 0 Å². The van der Waals surface area contributed by atoms with Crippen LogP contribution in [0.4, 0.5) is 0 Å². The van der Waals surface area contributed by atoms with Crippen LogP contribution in [-0.4, -0.2) is 17.9 Å². The second kappa shape index (κ2) is 1.90. The van der Waals surface area contributed by atoms with Gasteiger partial charge in [0.2, 0.25) is 0 Å². The Morgan fingerprint density at radius 3 is 1.38 bits per heavy atom. The molecule has 0 fully saturated rings. The second-order valence-electron chi connectivity index (χ2n) is 1.08. The van der Waals surface area contributed by atoms with Crippen molar-refractivity contribution in [1.82, 2.24) is 0 Å². The van der Waals surface area contributed by atoms with Crippen LogP contribution in [0.15, 0.2) is 0 Å². The molecule has 0 aromatic rings. The van der Waals surface area contributed by atoms with E-state index in [1.165, 1.54) is 0 Å². The van der Waals surface area contributed by atoms with E-state index in [0.717, 1.165) is 0 Å². The molecule has 0 heterocycles. The Morgan fingerprint density at radius 2 is 1.38 bits per heavy atom. The molecule has 8 heteroatoms. The summed E-state index contributed by atoms with van der Waals surface area (Å²) in [7, 11) is 0. The fourth-order valence-corrected chi connectivity index (χ4v) is 0.0687. The van der Waals surface area contributed by atoms with E-state index in [1.807, 2.05) is 0 Å². The molecule has 0 atom stereocenters. The van der Waals surface area contributed by atoms with E-state index in [0.29, 0.717) is 0 Å². The molecule has 0 aliphatic heterocycles. The molecule has 50 valence electrons. The fourth-order valence-electron chi connectivity index (χ4n) is 0.0167. The summed E-state index contributed by atoms with van der Waals surface area (Å²) in [5.74, 6) is 0. The van der Waals surface area contributed by atoms with Gasteiger partial charge >= 0.3 is 45.0 Å². The van der Waals surface area contributed by atoms with Crippen molar-refractivity contribution in [2.24, 2.45) is 0 Å². The van der Waals surface area contributed by atoms with Crippen LogP contribution in [0.3, 0.4) is 0 Å². The summed E-state index contributed by atoms with van der Waals surface area (Å²) in [5.41, 5.74) is 0. The van der Waals surface area contributed by atoms with Crippen LogP contribution < -0.4 is 0 Å². The third-order valence-corrected chi connectivity index (χ3v) is 1.29. The average Bonchev–Trinajstić information content (AvgIpc) is 1.68. The third kappa shape index (κ3) is 2.55. The zero-order valence-corrected chi connectivity index (χ0v) is 5.08. The van der Waals surface area contributed by atoms with E-state index in [2.05, 4.69) is 6.94 Å². The maximum absolute atomic E-state index is 9.78. The Hall–Kier alpha value is 0.274. The maximum atomic E-state index is 9.78. The van der Waals surface area contributed by atoms with E-state index in [4.69, 9.17) is 17.9 Å². The minimum absolute atomic E-state index is 2.55. The zero-order chi connectivity index (χ0) is 6.86. The molecule has 0 saturated carbocycles. The zero-order valence-electron chi connectivity index (χ0n) is 3.51. The molecule has 8 heavy (non-hydrogen) atoms. The van der Waals surface area contributed by atoms with Gasteiger partial charge in [-0.15, -0.1) is 0 Å². The Kier molecular flexibility index (Phi) is 1.97. The summed E-state index contributed by atoms with van der Waals surface area (Å²) in [6.07, 6.45) is 0. The molecule has 0 aliphatic carbocycles. The Labute approximate surface area is 45.7 Å². The first kappa shape index (κ1) is 8.27. The van der Waals surface area contributed by atoms with Crippen LogP contribution >= 0.6 is 0 Å². The van der Waals surface area contributed by atoms with E-state index >= 15 is 0 Å². The first-order valence-electron chi connectivity index (χ1n) is 1.42. The molecule has 0 saturated heterocycles. The number of hydrogen-bond acceptors (Lipinski definition) is 5. The Morgan fingerprint density at radius 1 is 1.12 bits per heavy atom. The molecule has 0 aromatic heterocycles. The molecular weight excluding hydrogens is 160 g/mol. The molecule has 0 amide bonds. The Bertz CT molecular complexity index is 117. The van der Waals surface area contributed by atoms with Gasteiger partial charge in [0, 0.05) is 0 Å². The van der Waals surface area contributed by atoms with Crippen LogP contribution in [0.5, 0.6) is 0 Å². The van der Waals surface area contributed by atoms with Gasteiger partial charge in [0.05, 0.1) is 0 Å².